The van der Waals surface area contributed by atoms with Gasteiger partial charge in [-0.2, -0.15) is 0 Å². The van der Waals surface area contributed by atoms with E-state index >= 15 is 0 Å². The zero-order valence-corrected chi connectivity index (χ0v) is 12.0. The van der Waals surface area contributed by atoms with Crippen LogP contribution in [0.25, 0.3) is 0 Å². The van der Waals surface area contributed by atoms with Gasteiger partial charge >= 0.3 is 0 Å². The van der Waals surface area contributed by atoms with E-state index in [9.17, 15) is 0 Å². The second kappa shape index (κ2) is 4.77. The van der Waals surface area contributed by atoms with Gasteiger partial charge in [-0.25, -0.2) is 0 Å². The highest BCUT2D eigenvalue weighted by atomic mass is 31.1. The molecule has 0 aromatic carbocycles. The zero-order valence-electron chi connectivity index (χ0n) is 9.68. The molecule has 84 valence electrons. The van der Waals surface area contributed by atoms with Gasteiger partial charge in [0, 0.05) is 11.5 Å². The molecule has 3 atom stereocenters. The fraction of sp³-hybridized carbons (Fsp3) is 1.00. The highest BCUT2D eigenvalue weighted by Crippen LogP contribution is 2.51. The molecule has 0 aliphatic carbocycles. The van der Waals surface area contributed by atoms with Gasteiger partial charge < -0.3 is 4.74 Å². The van der Waals surface area contributed by atoms with Gasteiger partial charge in [0.05, 0.1) is 6.61 Å². The Kier molecular flexibility index (Phi) is 4.39. The van der Waals surface area contributed by atoms with Crippen LogP contribution in [0, 0.1) is 11.3 Å². The molecule has 1 nitrogen and oxygen atoms in total. The van der Waals surface area contributed by atoms with Gasteiger partial charge in [0.1, 0.15) is 0 Å². The van der Waals surface area contributed by atoms with Crippen LogP contribution in [0.5, 0.6) is 0 Å². The summed E-state index contributed by atoms with van der Waals surface area (Å²) in [5.41, 5.74) is 0.466. The molecule has 1 saturated heterocycles. The number of hydrogen-bond acceptors (Lipinski definition) is 1. The maximum atomic E-state index is 5.56. The van der Waals surface area contributed by atoms with Crippen molar-refractivity contribution in [3.8, 4) is 0 Å². The topological polar surface area (TPSA) is 9.23 Å². The van der Waals surface area contributed by atoms with E-state index in [2.05, 4.69) is 39.3 Å². The number of hydrogen-bond donors (Lipinski definition) is 0. The van der Waals surface area contributed by atoms with E-state index in [-0.39, 0.29) is 4.90 Å². The number of ether oxygens (including phenoxy) is 1. The first-order valence-electron chi connectivity index (χ1n) is 5.62. The lowest BCUT2D eigenvalue weighted by molar-refractivity contribution is 0.00838. The van der Waals surface area contributed by atoms with E-state index < -0.39 is 0 Å². The molecule has 3 unspecified atom stereocenters. The molecular weight excluding hydrogens is 210 g/mol. The molecule has 0 amide bonds. The van der Waals surface area contributed by atoms with Crippen LogP contribution >= 0.6 is 18.5 Å². The Labute approximate surface area is 93.2 Å². The van der Waals surface area contributed by atoms with Crippen LogP contribution in [0.1, 0.15) is 40.0 Å². The molecule has 1 heterocycles. The standard InChI is InChI=1S/C11H24OP2/c1-4-10(3,5-2)9-6-7-12-8-11(9,13)14/h9H,4-8,13-14H2,1-3H3. The molecule has 0 bridgehead atoms. The number of rotatable bonds is 3. The molecule has 0 spiro atoms. The van der Waals surface area contributed by atoms with Crippen LogP contribution in [-0.4, -0.2) is 18.1 Å². The lowest BCUT2D eigenvalue weighted by Gasteiger charge is -2.48. The van der Waals surface area contributed by atoms with Crippen molar-refractivity contribution in [3.05, 3.63) is 0 Å². The summed E-state index contributed by atoms with van der Waals surface area (Å²) in [5, 5.41) is 0. The van der Waals surface area contributed by atoms with Gasteiger partial charge in [-0.05, 0) is 17.8 Å². The molecule has 3 heteroatoms. The highest BCUT2D eigenvalue weighted by Gasteiger charge is 2.43. The van der Waals surface area contributed by atoms with E-state index in [1.165, 1.54) is 19.3 Å². The average molecular weight is 234 g/mol. The average Bonchev–Trinajstić information content (AvgIpc) is 2.16. The Hall–Kier alpha value is 0.820. The van der Waals surface area contributed by atoms with Crippen LogP contribution in [0.3, 0.4) is 0 Å². The van der Waals surface area contributed by atoms with Crippen LogP contribution < -0.4 is 0 Å². The monoisotopic (exact) mass is 234 g/mol. The van der Waals surface area contributed by atoms with Crippen molar-refractivity contribution < 1.29 is 4.74 Å². The van der Waals surface area contributed by atoms with Crippen molar-refractivity contribution in [3.63, 3.8) is 0 Å². The Morgan fingerprint density at radius 1 is 1.36 bits per heavy atom. The molecule has 1 rings (SSSR count). The summed E-state index contributed by atoms with van der Waals surface area (Å²) in [6, 6.07) is 0. The summed E-state index contributed by atoms with van der Waals surface area (Å²) < 4.78 is 5.56. The summed E-state index contributed by atoms with van der Waals surface area (Å²) in [6.45, 7) is 8.84. The van der Waals surface area contributed by atoms with Crippen LogP contribution in [0.4, 0.5) is 0 Å². The van der Waals surface area contributed by atoms with E-state index in [1.807, 2.05) is 0 Å². The third-order valence-corrected chi connectivity index (χ3v) is 5.15. The molecule has 0 saturated carbocycles. The molecule has 0 N–H and O–H groups in total. The van der Waals surface area contributed by atoms with Gasteiger partial charge in [-0.15, -0.1) is 18.5 Å². The minimum Gasteiger partial charge on any atom is -0.380 e. The Balaban J connectivity index is 2.82. The predicted octanol–water partition coefficient (Wildman–Crippen LogP) is 3.30. The van der Waals surface area contributed by atoms with Crippen LogP contribution in [0.2, 0.25) is 0 Å². The molecule has 1 aliphatic rings. The first-order valence-corrected chi connectivity index (χ1v) is 6.77. The third kappa shape index (κ3) is 2.49. The van der Waals surface area contributed by atoms with E-state index in [0.717, 1.165) is 19.1 Å². The Morgan fingerprint density at radius 3 is 2.36 bits per heavy atom. The van der Waals surface area contributed by atoms with Gasteiger partial charge in [0.25, 0.3) is 0 Å². The molecule has 1 fully saturated rings. The minimum atomic E-state index is 0.193. The van der Waals surface area contributed by atoms with Crippen molar-refractivity contribution in [1.29, 1.82) is 0 Å². The van der Waals surface area contributed by atoms with Gasteiger partial charge in [0.2, 0.25) is 0 Å². The fourth-order valence-corrected chi connectivity index (χ4v) is 3.93. The SMILES string of the molecule is CCC(C)(CC)C1CCOCC1(P)P. The molecule has 0 aromatic heterocycles. The molecular formula is C11H24OP2. The smallest absolute Gasteiger partial charge is 0.0593 e. The lowest BCUT2D eigenvalue weighted by atomic mass is 9.69. The summed E-state index contributed by atoms with van der Waals surface area (Å²) in [5.74, 6) is 0.744. The molecule has 0 aromatic rings. The van der Waals surface area contributed by atoms with Crippen molar-refractivity contribution in [1.82, 2.24) is 0 Å². The summed E-state index contributed by atoms with van der Waals surface area (Å²) in [4.78, 5) is 0.193. The van der Waals surface area contributed by atoms with Gasteiger partial charge in [0.15, 0.2) is 0 Å². The van der Waals surface area contributed by atoms with Crippen molar-refractivity contribution in [2.75, 3.05) is 13.2 Å². The Bertz CT molecular complexity index is 188. The van der Waals surface area contributed by atoms with Crippen molar-refractivity contribution in [2.24, 2.45) is 11.3 Å². The van der Waals surface area contributed by atoms with Crippen molar-refractivity contribution in [2.45, 2.75) is 44.9 Å². The highest BCUT2D eigenvalue weighted by molar-refractivity contribution is 7.40. The van der Waals surface area contributed by atoms with Crippen LogP contribution in [-0.2, 0) is 4.74 Å². The predicted molar refractivity (Wildman–Crippen MR) is 69.8 cm³/mol. The second-order valence-electron chi connectivity index (χ2n) is 4.87. The van der Waals surface area contributed by atoms with E-state index in [1.54, 1.807) is 0 Å². The fourth-order valence-electron chi connectivity index (χ4n) is 2.56. The minimum absolute atomic E-state index is 0.193. The first-order chi connectivity index (χ1) is 6.46. The third-order valence-electron chi connectivity index (χ3n) is 4.01. The maximum Gasteiger partial charge on any atom is 0.0593 e. The van der Waals surface area contributed by atoms with Gasteiger partial charge in [-0.1, -0.05) is 33.6 Å². The van der Waals surface area contributed by atoms with E-state index in [0.29, 0.717) is 5.41 Å². The van der Waals surface area contributed by atoms with Crippen molar-refractivity contribution >= 4 is 18.5 Å². The zero-order chi connectivity index (χ0) is 10.8. The largest absolute Gasteiger partial charge is 0.380 e. The first kappa shape index (κ1) is 12.9. The molecule has 0 radical (unpaired) electrons. The molecule has 14 heavy (non-hydrogen) atoms. The summed E-state index contributed by atoms with van der Waals surface area (Å²) in [6.07, 6.45) is 3.72. The van der Waals surface area contributed by atoms with Gasteiger partial charge in [-0.3, -0.25) is 0 Å². The van der Waals surface area contributed by atoms with Crippen LogP contribution in [0.15, 0.2) is 0 Å². The van der Waals surface area contributed by atoms with E-state index in [4.69, 9.17) is 4.74 Å². The molecule has 1 aliphatic heterocycles. The maximum absolute atomic E-state index is 5.56. The summed E-state index contributed by atoms with van der Waals surface area (Å²) >= 11 is 0. The Morgan fingerprint density at radius 2 is 1.93 bits per heavy atom. The lowest BCUT2D eigenvalue weighted by Crippen LogP contribution is -2.45. The quantitative estimate of drug-likeness (QED) is 0.681. The second-order valence-corrected chi connectivity index (χ2v) is 7.68. The summed E-state index contributed by atoms with van der Waals surface area (Å²) in [7, 11) is 5.97. The normalized spacial score (nSPS) is 27.6.